The van der Waals surface area contributed by atoms with Crippen molar-refractivity contribution >= 4 is 0 Å². The van der Waals surface area contributed by atoms with Gasteiger partial charge in [0.1, 0.15) is 0 Å². The Balaban J connectivity index is 1.76. The van der Waals surface area contributed by atoms with E-state index in [2.05, 4.69) is 9.80 Å². The zero-order valence-electron chi connectivity index (χ0n) is 9.53. The minimum atomic E-state index is 0.742. The van der Waals surface area contributed by atoms with Crippen LogP contribution in [0.15, 0.2) is 0 Å². The lowest BCUT2D eigenvalue weighted by molar-refractivity contribution is 0.0270. The smallest absolute Gasteiger partial charge is 0.0594 e. The van der Waals surface area contributed by atoms with Crippen LogP contribution in [0.5, 0.6) is 0 Å². The Labute approximate surface area is 92.4 Å². The minimum Gasteiger partial charge on any atom is -0.379 e. The van der Waals surface area contributed by atoms with Crippen LogP contribution in [0.1, 0.15) is 12.8 Å². The maximum Gasteiger partial charge on any atom is 0.0594 e. The summed E-state index contributed by atoms with van der Waals surface area (Å²) < 4.78 is 5.36. The molecule has 2 aliphatic heterocycles. The van der Waals surface area contributed by atoms with Gasteiger partial charge in [-0.05, 0) is 19.4 Å². The number of rotatable bonds is 4. The van der Waals surface area contributed by atoms with Crippen molar-refractivity contribution in [3.63, 3.8) is 0 Å². The van der Waals surface area contributed by atoms with Gasteiger partial charge in [-0.3, -0.25) is 9.80 Å². The van der Waals surface area contributed by atoms with Crippen molar-refractivity contribution in [2.75, 3.05) is 52.5 Å². The molecule has 0 radical (unpaired) electrons. The Hall–Kier alpha value is -0.160. The molecule has 0 amide bonds. The summed E-state index contributed by atoms with van der Waals surface area (Å²) in [4.78, 5) is 5.08. The molecule has 2 N–H and O–H groups in total. The van der Waals surface area contributed by atoms with Gasteiger partial charge in [0.05, 0.1) is 13.2 Å². The third-order valence-electron chi connectivity index (χ3n) is 3.49. The molecular weight excluding hydrogens is 190 g/mol. The number of hydrogen-bond acceptors (Lipinski definition) is 4. The van der Waals surface area contributed by atoms with Crippen molar-refractivity contribution in [1.82, 2.24) is 9.80 Å². The second-order valence-corrected chi connectivity index (χ2v) is 4.53. The van der Waals surface area contributed by atoms with Gasteiger partial charge in [-0.25, -0.2) is 0 Å². The van der Waals surface area contributed by atoms with Gasteiger partial charge in [0.25, 0.3) is 0 Å². The van der Waals surface area contributed by atoms with Gasteiger partial charge in [-0.15, -0.1) is 0 Å². The third-order valence-corrected chi connectivity index (χ3v) is 3.49. The van der Waals surface area contributed by atoms with Crippen LogP contribution < -0.4 is 5.73 Å². The van der Waals surface area contributed by atoms with Gasteiger partial charge >= 0.3 is 0 Å². The number of likely N-dealkylation sites (tertiary alicyclic amines) is 1. The van der Waals surface area contributed by atoms with E-state index in [4.69, 9.17) is 10.5 Å². The zero-order valence-corrected chi connectivity index (χ0v) is 9.53. The SMILES string of the molecule is NCCN1CCCC1CN1CCOCC1. The van der Waals surface area contributed by atoms with Gasteiger partial charge < -0.3 is 10.5 Å². The van der Waals surface area contributed by atoms with Crippen LogP contribution in [-0.2, 0) is 4.74 Å². The van der Waals surface area contributed by atoms with Gasteiger partial charge in [-0.1, -0.05) is 0 Å². The summed E-state index contributed by atoms with van der Waals surface area (Å²) >= 11 is 0. The maximum absolute atomic E-state index is 5.63. The molecule has 15 heavy (non-hydrogen) atoms. The average Bonchev–Trinajstić information content (AvgIpc) is 2.68. The molecule has 2 rings (SSSR count). The monoisotopic (exact) mass is 213 g/mol. The lowest BCUT2D eigenvalue weighted by Crippen LogP contribution is -2.46. The van der Waals surface area contributed by atoms with E-state index in [0.717, 1.165) is 45.4 Å². The lowest BCUT2D eigenvalue weighted by Gasteiger charge is -2.32. The topological polar surface area (TPSA) is 41.7 Å². The molecule has 1 atom stereocenters. The average molecular weight is 213 g/mol. The van der Waals surface area contributed by atoms with E-state index < -0.39 is 0 Å². The van der Waals surface area contributed by atoms with Crippen LogP contribution in [-0.4, -0.2) is 68.3 Å². The summed E-state index contributed by atoms with van der Waals surface area (Å²) in [5.74, 6) is 0. The number of nitrogens with zero attached hydrogens (tertiary/aromatic N) is 2. The van der Waals surface area contributed by atoms with E-state index in [1.54, 1.807) is 0 Å². The second kappa shape index (κ2) is 5.80. The summed E-state index contributed by atoms with van der Waals surface area (Å²) in [6.07, 6.45) is 2.69. The highest BCUT2D eigenvalue weighted by Gasteiger charge is 2.26. The normalized spacial score (nSPS) is 29.8. The molecule has 1 unspecified atom stereocenters. The van der Waals surface area contributed by atoms with Gasteiger partial charge in [0.2, 0.25) is 0 Å². The molecule has 0 aliphatic carbocycles. The number of nitrogens with two attached hydrogens (primary N) is 1. The molecule has 0 aromatic rings. The van der Waals surface area contributed by atoms with Crippen LogP contribution in [0, 0.1) is 0 Å². The number of morpholine rings is 1. The van der Waals surface area contributed by atoms with Crippen molar-refractivity contribution < 1.29 is 4.74 Å². The Morgan fingerprint density at radius 2 is 2.00 bits per heavy atom. The highest BCUT2D eigenvalue weighted by atomic mass is 16.5. The van der Waals surface area contributed by atoms with Crippen LogP contribution in [0.2, 0.25) is 0 Å². The molecule has 88 valence electrons. The summed E-state index contributed by atoms with van der Waals surface area (Å²) in [5.41, 5.74) is 5.63. The Bertz CT molecular complexity index is 183. The van der Waals surface area contributed by atoms with Gasteiger partial charge in [0.15, 0.2) is 0 Å². The quantitative estimate of drug-likeness (QED) is 0.699. The van der Waals surface area contributed by atoms with Gasteiger partial charge in [0, 0.05) is 38.8 Å². The first-order valence-electron chi connectivity index (χ1n) is 6.14. The van der Waals surface area contributed by atoms with Crippen molar-refractivity contribution in [3.8, 4) is 0 Å². The first-order chi connectivity index (χ1) is 7.40. The third kappa shape index (κ3) is 3.14. The zero-order chi connectivity index (χ0) is 10.5. The minimum absolute atomic E-state index is 0.742. The summed E-state index contributed by atoms with van der Waals surface area (Å²) in [6, 6.07) is 0.742. The molecule has 0 spiro atoms. The fourth-order valence-corrected chi connectivity index (χ4v) is 2.64. The summed E-state index contributed by atoms with van der Waals surface area (Å²) in [6.45, 7) is 8.33. The Morgan fingerprint density at radius 3 is 2.73 bits per heavy atom. The summed E-state index contributed by atoms with van der Waals surface area (Å²) in [7, 11) is 0. The van der Waals surface area contributed by atoms with Crippen molar-refractivity contribution in [2.24, 2.45) is 5.73 Å². The molecule has 0 aromatic carbocycles. The molecule has 2 aliphatic rings. The fourth-order valence-electron chi connectivity index (χ4n) is 2.64. The molecular formula is C11H23N3O. The maximum atomic E-state index is 5.63. The van der Waals surface area contributed by atoms with Crippen molar-refractivity contribution in [3.05, 3.63) is 0 Å². The fraction of sp³-hybridized carbons (Fsp3) is 1.00. The molecule has 2 fully saturated rings. The molecule has 4 heteroatoms. The second-order valence-electron chi connectivity index (χ2n) is 4.53. The highest BCUT2D eigenvalue weighted by Crippen LogP contribution is 2.17. The number of hydrogen-bond donors (Lipinski definition) is 1. The molecule has 0 saturated carbocycles. The van der Waals surface area contributed by atoms with E-state index in [9.17, 15) is 0 Å². The predicted molar refractivity (Wildman–Crippen MR) is 60.9 cm³/mol. The molecule has 4 nitrogen and oxygen atoms in total. The standard InChI is InChI=1S/C11H23N3O/c12-3-5-14-4-1-2-11(14)10-13-6-8-15-9-7-13/h11H,1-10,12H2. The Morgan fingerprint density at radius 1 is 1.20 bits per heavy atom. The lowest BCUT2D eigenvalue weighted by atomic mass is 10.2. The predicted octanol–water partition coefficient (Wildman–Crippen LogP) is -0.258. The van der Waals surface area contributed by atoms with Crippen molar-refractivity contribution in [1.29, 1.82) is 0 Å². The Kier molecular flexibility index (Phi) is 4.38. The molecule has 2 saturated heterocycles. The van der Waals surface area contributed by atoms with Crippen LogP contribution >= 0.6 is 0 Å². The van der Waals surface area contributed by atoms with Crippen LogP contribution in [0.4, 0.5) is 0 Å². The van der Waals surface area contributed by atoms with E-state index in [1.165, 1.54) is 25.9 Å². The van der Waals surface area contributed by atoms with E-state index >= 15 is 0 Å². The van der Waals surface area contributed by atoms with E-state index in [-0.39, 0.29) is 0 Å². The first kappa shape index (κ1) is 11.3. The first-order valence-corrected chi connectivity index (χ1v) is 6.14. The van der Waals surface area contributed by atoms with E-state index in [1.807, 2.05) is 0 Å². The van der Waals surface area contributed by atoms with E-state index in [0.29, 0.717) is 0 Å². The van der Waals surface area contributed by atoms with Gasteiger partial charge in [-0.2, -0.15) is 0 Å². The highest BCUT2D eigenvalue weighted by molar-refractivity contribution is 4.82. The van der Waals surface area contributed by atoms with Crippen LogP contribution in [0.25, 0.3) is 0 Å². The molecule has 0 bridgehead atoms. The largest absolute Gasteiger partial charge is 0.379 e. The van der Waals surface area contributed by atoms with Crippen LogP contribution in [0.3, 0.4) is 0 Å². The van der Waals surface area contributed by atoms with Crippen molar-refractivity contribution in [2.45, 2.75) is 18.9 Å². The molecule has 2 heterocycles. The molecule has 0 aromatic heterocycles. The number of ether oxygens (including phenoxy) is 1. The summed E-state index contributed by atoms with van der Waals surface area (Å²) in [5, 5.41) is 0.